The van der Waals surface area contributed by atoms with Crippen LogP contribution in [0, 0.1) is 18.3 Å². The van der Waals surface area contributed by atoms with Crippen LogP contribution in [0.25, 0.3) is 16.6 Å². The van der Waals surface area contributed by atoms with E-state index in [-0.39, 0.29) is 11.6 Å². The Morgan fingerprint density at radius 1 is 1.05 bits per heavy atom. The minimum Gasteiger partial charge on any atom is -0.478 e. The van der Waals surface area contributed by atoms with Gasteiger partial charge in [-0.05, 0) is 49.7 Å². The Morgan fingerprint density at radius 3 is 2.55 bits per heavy atom. The molecule has 6 rings (SSSR count). The van der Waals surface area contributed by atoms with Crippen molar-refractivity contribution >= 4 is 39.8 Å². The van der Waals surface area contributed by atoms with Gasteiger partial charge in [-0.3, -0.25) is 4.40 Å². The first kappa shape index (κ1) is 25.1. The number of hydrogen-bond acceptors (Lipinski definition) is 8. The highest BCUT2D eigenvalue weighted by molar-refractivity contribution is 5.96. The summed E-state index contributed by atoms with van der Waals surface area (Å²) in [7, 11) is 0. The summed E-state index contributed by atoms with van der Waals surface area (Å²) >= 11 is 0. The van der Waals surface area contributed by atoms with Gasteiger partial charge in [-0.25, -0.2) is 9.78 Å². The molecule has 1 unspecified atom stereocenters. The van der Waals surface area contributed by atoms with Crippen LogP contribution in [0.2, 0.25) is 0 Å². The fourth-order valence-electron chi connectivity index (χ4n) is 5.47. The minimum absolute atomic E-state index is 0.218. The second-order valence-corrected chi connectivity index (χ2v) is 10.0. The molecule has 10 heteroatoms. The molecule has 0 spiro atoms. The molecule has 1 saturated heterocycles. The topological polar surface area (TPSA) is 123 Å². The zero-order valence-corrected chi connectivity index (χ0v) is 22.2. The highest BCUT2D eigenvalue weighted by Gasteiger charge is 2.25. The lowest BCUT2D eigenvalue weighted by Crippen LogP contribution is -2.47. The number of para-hydroxylation sites is 2. The molecule has 1 fully saturated rings. The predicted octanol–water partition coefficient (Wildman–Crippen LogP) is 4.66. The molecule has 0 radical (unpaired) electrons. The van der Waals surface area contributed by atoms with Gasteiger partial charge in [0.2, 0.25) is 5.95 Å². The maximum atomic E-state index is 11.8. The van der Waals surface area contributed by atoms with E-state index in [0.29, 0.717) is 24.3 Å². The van der Waals surface area contributed by atoms with Crippen molar-refractivity contribution in [3.63, 3.8) is 0 Å². The summed E-state index contributed by atoms with van der Waals surface area (Å²) in [5, 5.41) is 32.2. The SMILES string of the molecule is Cc1cc(C(C)Nc2ccccc2C(=O)O)c2nc(N3CCN(c4ccccc4C#N)CC3)n3cnnc3c2c1. The molecule has 0 saturated carbocycles. The predicted molar refractivity (Wildman–Crippen MR) is 154 cm³/mol. The second kappa shape index (κ2) is 10.2. The average Bonchev–Trinajstić information content (AvgIpc) is 3.47. The van der Waals surface area contributed by atoms with E-state index < -0.39 is 5.97 Å². The Hall–Kier alpha value is -5.17. The molecule has 5 aromatic rings. The van der Waals surface area contributed by atoms with E-state index in [9.17, 15) is 15.2 Å². The third-order valence-electron chi connectivity index (χ3n) is 7.42. The lowest BCUT2D eigenvalue weighted by Gasteiger charge is -2.37. The maximum absolute atomic E-state index is 11.8. The number of carboxylic acids is 1. The van der Waals surface area contributed by atoms with Gasteiger partial charge < -0.3 is 20.2 Å². The van der Waals surface area contributed by atoms with Crippen molar-refractivity contribution < 1.29 is 9.90 Å². The van der Waals surface area contributed by atoms with Gasteiger partial charge in [-0.2, -0.15) is 5.26 Å². The Bertz CT molecular complexity index is 1780. The van der Waals surface area contributed by atoms with Gasteiger partial charge in [-0.1, -0.05) is 30.3 Å². The number of aromatic nitrogens is 4. The number of nitrogens with one attached hydrogen (secondary N) is 1. The smallest absolute Gasteiger partial charge is 0.337 e. The van der Waals surface area contributed by atoms with Crippen molar-refractivity contribution in [1.29, 1.82) is 5.26 Å². The van der Waals surface area contributed by atoms with E-state index in [4.69, 9.17) is 4.98 Å². The van der Waals surface area contributed by atoms with Crippen LogP contribution in [0.4, 0.5) is 17.3 Å². The van der Waals surface area contributed by atoms with Gasteiger partial charge in [0, 0.05) is 42.8 Å². The number of piperazine rings is 1. The minimum atomic E-state index is -0.980. The first-order valence-electron chi connectivity index (χ1n) is 13.2. The summed E-state index contributed by atoms with van der Waals surface area (Å²) in [5.74, 6) is -0.226. The van der Waals surface area contributed by atoms with Crippen molar-refractivity contribution in [2.75, 3.05) is 41.3 Å². The number of anilines is 3. The van der Waals surface area contributed by atoms with Gasteiger partial charge in [0.15, 0.2) is 5.65 Å². The van der Waals surface area contributed by atoms with Crippen LogP contribution in [0.1, 0.15) is 40.0 Å². The zero-order valence-electron chi connectivity index (χ0n) is 22.2. The molecule has 10 nitrogen and oxygen atoms in total. The van der Waals surface area contributed by atoms with Crippen LogP contribution in [0.3, 0.4) is 0 Å². The van der Waals surface area contributed by atoms with Gasteiger partial charge >= 0.3 is 5.97 Å². The number of nitrogens with zero attached hydrogens (tertiary/aromatic N) is 7. The van der Waals surface area contributed by atoms with Crippen molar-refractivity contribution in [1.82, 2.24) is 19.6 Å². The van der Waals surface area contributed by atoms with Gasteiger partial charge in [0.05, 0.1) is 28.4 Å². The molecule has 2 aromatic heterocycles. The summed E-state index contributed by atoms with van der Waals surface area (Å²) < 4.78 is 1.93. The Balaban J connectivity index is 1.38. The summed E-state index contributed by atoms with van der Waals surface area (Å²) in [5.41, 5.74) is 5.91. The first-order chi connectivity index (χ1) is 19.4. The van der Waals surface area contributed by atoms with E-state index in [2.05, 4.69) is 43.5 Å². The first-order valence-corrected chi connectivity index (χ1v) is 13.2. The number of aryl methyl sites for hydroxylation is 1. The summed E-state index contributed by atoms with van der Waals surface area (Å²) in [6, 6.07) is 20.8. The van der Waals surface area contributed by atoms with Gasteiger partial charge in [0.25, 0.3) is 0 Å². The molecule has 200 valence electrons. The lowest BCUT2D eigenvalue weighted by atomic mass is 10.0. The van der Waals surface area contributed by atoms with E-state index >= 15 is 0 Å². The Morgan fingerprint density at radius 2 is 1.77 bits per heavy atom. The fraction of sp³-hybridized carbons (Fsp3) is 0.233. The van der Waals surface area contributed by atoms with Crippen molar-refractivity contribution in [2.24, 2.45) is 0 Å². The third kappa shape index (κ3) is 4.41. The molecule has 3 aromatic carbocycles. The number of nitriles is 1. The Labute approximate surface area is 231 Å². The normalized spacial score (nSPS) is 14.3. The van der Waals surface area contributed by atoms with Gasteiger partial charge in [-0.15, -0.1) is 10.2 Å². The zero-order chi connectivity index (χ0) is 27.8. The van der Waals surface area contributed by atoms with Crippen molar-refractivity contribution in [2.45, 2.75) is 19.9 Å². The Kier molecular flexibility index (Phi) is 6.40. The van der Waals surface area contributed by atoms with E-state index in [0.717, 1.165) is 52.4 Å². The number of hydrogen-bond donors (Lipinski definition) is 2. The second-order valence-electron chi connectivity index (χ2n) is 10.0. The highest BCUT2D eigenvalue weighted by atomic mass is 16.4. The molecule has 3 heterocycles. The highest BCUT2D eigenvalue weighted by Crippen LogP contribution is 2.32. The van der Waals surface area contributed by atoms with Crippen LogP contribution < -0.4 is 15.1 Å². The van der Waals surface area contributed by atoms with Crippen LogP contribution in [-0.4, -0.2) is 56.8 Å². The number of carbonyl (C=O) groups is 1. The molecule has 1 atom stereocenters. The average molecular weight is 533 g/mol. The maximum Gasteiger partial charge on any atom is 0.337 e. The molecule has 2 N–H and O–H groups in total. The summed E-state index contributed by atoms with van der Waals surface area (Å²) in [4.78, 5) is 21.4. The van der Waals surface area contributed by atoms with E-state index in [1.807, 2.05) is 48.6 Å². The number of aromatic carboxylic acids is 1. The molecular formula is C30H28N8O2. The lowest BCUT2D eigenvalue weighted by molar-refractivity contribution is 0.0698. The quantitative estimate of drug-likeness (QED) is 0.321. The van der Waals surface area contributed by atoms with Crippen molar-refractivity contribution in [3.05, 3.63) is 89.2 Å². The standard InChI is InChI=1S/C30H28N8O2/c1-19-15-23(20(2)33-25-9-5-4-8-22(25)29(39)40)27-24(16-19)28-35-32-18-38(28)30(34-27)37-13-11-36(12-14-37)26-10-6-3-7-21(26)17-31/h3-10,15-16,18,20,33H,11-14H2,1-2H3,(H,39,40). The molecule has 0 amide bonds. The van der Waals surface area contributed by atoms with Crippen LogP contribution in [0.15, 0.2) is 67.0 Å². The van der Waals surface area contributed by atoms with E-state index in [1.54, 1.807) is 24.5 Å². The number of carboxylic acid groups (broad SMARTS) is 1. The van der Waals surface area contributed by atoms with Crippen LogP contribution in [0.5, 0.6) is 0 Å². The van der Waals surface area contributed by atoms with Crippen LogP contribution >= 0.6 is 0 Å². The molecule has 0 aliphatic carbocycles. The van der Waals surface area contributed by atoms with Crippen LogP contribution in [-0.2, 0) is 0 Å². The molecular weight excluding hydrogens is 504 g/mol. The number of fused-ring (bicyclic) bond motifs is 3. The molecule has 40 heavy (non-hydrogen) atoms. The van der Waals surface area contributed by atoms with E-state index in [1.165, 1.54) is 0 Å². The summed E-state index contributed by atoms with van der Waals surface area (Å²) in [6.07, 6.45) is 1.70. The summed E-state index contributed by atoms with van der Waals surface area (Å²) in [6.45, 7) is 6.95. The van der Waals surface area contributed by atoms with Gasteiger partial charge in [0.1, 0.15) is 12.4 Å². The molecule has 1 aliphatic heterocycles. The molecule has 1 aliphatic rings. The monoisotopic (exact) mass is 532 g/mol. The largest absolute Gasteiger partial charge is 0.478 e. The third-order valence-corrected chi connectivity index (χ3v) is 7.42. The fourth-order valence-corrected chi connectivity index (χ4v) is 5.47. The number of rotatable bonds is 6. The number of benzene rings is 3. The molecule has 0 bridgehead atoms. The van der Waals surface area contributed by atoms with Crippen molar-refractivity contribution in [3.8, 4) is 6.07 Å².